The molecule has 2 atom stereocenters. The first-order valence-electron chi connectivity index (χ1n) is 3.77. The number of hydrogen-bond acceptors (Lipinski definition) is 2. The molecule has 0 saturated carbocycles. The number of rotatable bonds is 4. The van der Waals surface area contributed by atoms with Crippen LogP contribution in [-0.2, 0) is 4.79 Å². The average molecular weight is 179 g/mol. The number of carbonyl (C=O) groups is 1. The molecule has 2 nitrogen and oxygen atoms in total. The quantitative estimate of drug-likeness (QED) is 0.664. The van der Waals surface area contributed by atoms with Crippen molar-refractivity contribution in [2.24, 2.45) is 5.92 Å². The van der Waals surface area contributed by atoms with Crippen LogP contribution in [-0.4, -0.2) is 22.4 Å². The van der Waals surface area contributed by atoms with E-state index in [4.69, 9.17) is 11.6 Å². The minimum atomic E-state index is -0.739. The summed E-state index contributed by atoms with van der Waals surface area (Å²) < 4.78 is 0. The third kappa shape index (κ3) is 4.38. The van der Waals surface area contributed by atoms with Gasteiger partial charge in [0.2, 0.25) is 0 Å². The third-order valence-electron chi connectivity index (χ3n) is 1.44. The van der Waals surface area contributed by atoms with Crippen molar-refractivity contribution in [1.82, 2.24) is 0 Å². The van der Waals surface area contributed by atoms with Crippen LogP contribution < -0.4 is 0 Å². The van der Waals surface area contributed by atoms with Crippen molar-refractivity contribution in [3.05, 3.63) is 0 Å². The minimum Gasteiger partial charge on any atom is -0.391 e. The lowest BCUT2D eigenvalue weighted by Crippen LogP contribution is -2.28. The Morgan fingerprint density at radius 1 is 1.55 bits per heavy atom. The highest BCUT2D eigenvalue weighted by Crippen LogP contribution is 2.12. The van der Waals surface area contributed by atoms with Gasteiger partial charge >= 0.3 is 0 Å². The lowest BCUT2D eigenvalue weighted by molar-refractivity contribution is -0.118. The molecule has 0 heterocycles. The van der Waals surface area contributed by atoms with Gasteiger partial charge in [0.25, 0.3) is 0 Å². The van der Waals surface area contributed by atoms with E-state index in [1.807, 2.05) is 13.8 Å². The van der Waals surface area contributed by atoms with Crippen molar-refractivity contribution in [2.45, 2.75) is 38.7 Å². The van der Waals surface area contributed by atoms with Crippen LogP contribution in [0.2, 0.25) is 0 Å². The molecule has 11 heavy (non-hydrogen) atoms. The molecule has 0 aromatic rings. The maximum Gasteiger partial charge on any atom is 0.150 e. The van der Waals surface area contributed by atoms with Gasteiger partial charge < -0.3 is 5.11 Å². The van der Waals surface area contributed by atoms with E-state index in [2.05, 4.69) is 0 Å². The summed E-state index contributed by atoms with van der Waals surface area (Å²) in [6.45, 7) is 5.35. The Balaban J connectivity index is 3.82. The minimum absolute atomic E-state index is 0.167. The van der Waals surface area contributed by atoms with Crippen LogP contribution in [0.25, 0.3) is 0 Å². The van der Waals surface area contributed by atoms with Gasteiger partial charge in [0, 0.05) is 0 Å². The van der Waals surface area contributed by atoms with Crippen LogP contribution in [0.4, 0.5) is 0 Å². The summed E-state index contributed by atoms with van der Waals surface area (Å²) in [4.78, 5) is 10.7. The third-order valence-corrected chi connectivity index (χ3v) is 2.04. The average Bonchev–Trinajstić information content (AvgIpc) is 1.84. The Morgan fingerprint density at radius 2 is 2.00 bits per heavy atom. The van der Waals surface area contributed by atoms with Crippen molar-refractivity contribution in [3.8, 4) is 0 Å². The van der Waals surface area contributed by atoms with Gasteiger partial charge in [0.05, 0.1) is 6.10 Å². The highest BCUT2D eigenvalue weighted by molar-refractivity contribution is 6.31. The lowest BCUT2D eigenvalue weighted by Gasteiger charge is -2.15. The van der Waals surface area contributed by atoms with Crippen molar-refractivity contribution in [1.29, 1.82) is 0 Å². The van der Waals surface area contributed by atoms with Crippen molar-refractivity contribution in [2.75, 3.05) is 0 Å². The SMILES string of the molecule is CC(=O)C(Cl)C(O)CC(C)C. The van der Waals surface area contributed by atoms with Crippen molar-refractivity contribution < 1.29 is 9.90 Å². The molecule has 0 saturated heterocycles. The lowest BCUT2D eigenvalue weighted by atomic mass is 10.0. The summed E-state index contributed by atoms with van der Waals surface area (Å²) in [5.74, 6) is 0.199. The number of carbonyl (C=O) groups excluding carboxylic acids is 1. The van der Waals surface area contributed by atoms with Gasteiger partial charge in [-0.25, -0.2) is 0 Å². The van der Waals surface area contributed by atoms with Crippen LogP contribution in [0, 0.1) is 5.92 Å². The van der Waals surface area contributed by atoms with Gasteiger partial charge in [-0.2, -0.15) is 0 Å². The Hall–Kier alpha value is -0.0800. The van der Waals surface area contributed by atoms with Gasteiger partial charge in [-0.3, -0.25) is 4.79 Å². The number of ketones is 1. The topological polar surface area (TPSA) is 37.3 Å². The molecule has 0 aromatic heterocycles. The summed E-state index contributed by atoms with van der Waals surface area (Å²) in [7, 11) is 0. The molecule has 0 aliphatic rings. The van der Waals surface area contributed by atoms with E-state index in [1.54, 1.807) is 0 Å². The van der Waals surface area contributed by atoms with Gasteiger partial charge in [-0.1, -0.05) is 13.8 Å². The van der Waals surface area contributed by atoms with E-state index in [9.17, 15) is 9.90 Å². The first kappa shape index (κ1) is 10.9. The number of Topliss-reactive ketones (excluding diaryl/α,β-unsaturated/α-hetero) is 1. The molecule has 0 amide bonds. The highest BCUT2D eigenvalue weighted by atomic mass is 35.5. The largest absolute Gasteiger partial charge is 0.391 e. The monoisotopic (exact) mass is 178 g/mol. The van der Waals surface area contributed by atoms with Crippen LogP contribution >= 0.6 is 11.6 Å². The number of alkyl halides is 1. The molecule has 66 valence electrons. The van der Waals surface area contributed by atoms with Crippen molar-refractivity contribution in [3.63, 3.8) is 0 Å². The van der Waals surface area contributed by atoms with E-state index in [0.717, 1.165) is 0 Å². The molecule has 2 unspecified atom stereocenters. The van der Waals surface area contributed by atoms with Gasteiger partial charge in [0.1, 0.15) is 11.2 Å². The molecule has 0 aliphatic carbocycles. The molecule has 0 radical (unpaired) electrons. The van der Waals surface area contributed by atoms with E-state index < -0.39 is 11.5 Å². The Morgan fingerprint density at radius 3 is 2.27 bits per heavy atom. The van der Waals surface area contributed by atoms with E-state index in [1.165, 1.54) is 6.92 Å². The zero-order valence-electron chi connectivity index (χ0n) is 7.17. The molecule has 0 bridgehead atoms. The van der Waals surface area contributed by atoms with Gasteiger partial charge in [-0.15, -0.1) is 11.6 Å². The highest BCUT2D eigenvalue weighted by Gasteiger charge is 2.21. The van der Waals surface area contributed by atoms with Crippen LogP contribution in [0.15, 0.2) is 0 Å². The van der Waals surface area contributed by atoms with E-state index in [0.29, 0.717) is 12.3 Å². The fourth-order valence-corrected chi connectivity index (χ4v) is 0.976. The fraction of sp³-hybridized carbons (Fsp3) is 0.875. The summed E-state index contributed by atoms with van der Waals surface area (Å²) >= 11 is 5.61. The van der Waals surface area contributed by atoms with Crippen LogP contribution in [0.3, 0.4) is 0 Å². The Bertz CT molecular complexity index is 134. The number of aliphatic hydroxyl groups is 1. The zero-order chi connectivity index (χ0) is 9.02. The molecular formula is C8H15ClO2. The maximum absolute atomic E-state index is 10.7. The molecule has 3 heteroatoms. The molecule has 0 aromatic carbocycles. The second kappa shape index (κ2) is 4.73. The normalized spacial score (nSPS) is 16.5. The van der Waals surface area contributed by atoms with Crippen molar-refractivity contribution >= 4 is 17.4 Å². The molecule has 0 spiro atoms. The fourth-order valence-electron chi connectivity index (χ4n) is 0.873. The Kier molecular flexibility index (Phi) is 4.69. The molecule has 0 fully saturated rings. The number of aliphatic hydroxyl groups excluding tert-OH is 1. The Labute approximate surface area is 72.6 Å². The first-order chi connectivity index (χ1) is 4.95. The van der Waals surface area contributed by atoms with Gasteiger partial charge in [-0.05, 0) is 19.3 Å². The molecule has 0 aliphatic heterocycles. The summed E-state index contributed by atoms with van der Waals surface area (Å²) in [6, 6.07) is 0. The number of hydrogen-bond donors (Lipinski definition) is 1. The second-order valence-electron chi connectivity index (χ2n) is 3.21. The maximum atomic E-state index is 10.7. The molecule has 0 rings (SSSR count). The van der Waals surface area contributed by atoms with Gasteiger partial charge in [0.15, 0.2) is 0 Å². The van der Waals surface area contributed by atoms with E-state index in [-0.39, 0.29) is 5.78 Å². The molecular weight excluding hydrogens is 164 g/mol. The summed E-state index contributed by atoms with van der Waals surface area (Å²) in [5, 5.41) is 8.57. The second-order valence-corrected chi connectivity index (χ2v) is 3.68. The summed E-state index contributed by atoms with van der Waals surface area (Å²) in [5.41, 5.74) is 0. The standard InChI is InChI=1S/C8H15ClO2/c1-5(2)4-7(11)8(9)6(3)10/h5,7-8,11H,4H2,1-3H3. The smallest absolute Gasteiger partial charge is 0.150 e. The summed E-state index contributed by atoms with van der Waals surface area (Å²) in [6.07, 6.45) is -0.123. The van der Waals surface area contributed by atoms with Crippen LogP contribution in [0.5, 0.6) is 0 Å². The van der Waals surface area contributed by atoms with Crippen LogP contribution in [0.1, 0.15) is 27.2 Å². The molecule has 1 N–H and O–H groups in total. The zero-order valence-corrected chi connectivity index (χ0v) is 7.93. The predicted octanol–water partition coefficient (Wildman–Crippen LogP) is 1.59. The first-order valence-corrected chi connectivity index (χ1v) is 4.21. The van der Waals surface area contributed by atoms with E-state index >= 15 is 0 Å². The number of halogens is 1. The predicted molar refractivity (Wildman–Crippen MR) is 45.8 cm³/mol.